The van der Waals surface area contributed by atoms with Gasteiger partial charge in [0.1, 0.15) is 5.82 Å². The lowest BCUT2D eigenvalue weighted by Crippen LogP contribution is -1.95. The quantitative estimate of drug-likeness (QED) is 0.806. The van der Waals surface area contributed by atoms with Crippen LogP contribution < -0.4 is 10.5 Å². The van der Waals surface area contributed by atoms with E-state index >= 15 is 0 Å². The summed E-state index contributed by atoms with van der Waals surface area (Å²) in [6, 6.07) is 3.48. The average molecular weight is 205 g/mol. The summed E-state index contributed by atoms with van der Waals surface area (Å²) < 4.78 is 10.5. The van der Waals surface area contributed by atoms with E-state index in [1.165, 1.54) is 7.11 Å². The number of methoxy groups -OCH3 is 1. The molecule has 0 radical (unpaired) electrons. The number of aromatic nitrogens is 2. The Bertz CT molecular complexity index is 479. The molecule has 0 unspecified atom stereocenters. The Morgan fingerprint density at radius 1 is 1.40 bits per heavy atom. The zero-order valence-electron chi connectivity index (χ0n) is 8.52. The van der Waals surface area contributed by atoms with Gasteiger partial charge in [0.15, 0.2) is 11.7 Å². The van der Waals surface area contributed by atoms with Crippen molar-refractivity contribution in [1.29, 1.82) is 0 Å². The van der Waals surface area contributed by atoms with Gasteiger partial charge in [0, 0.05) is 6.92 Å². The molecule has 78 valence electrons. The number of pyridine rings is 1. The molecule has 0 fully saturated rings. The Hall–Kier alpha value is -2.04. The van der Waals surface area contributed by atoms with Crippen LogP contribution in [-0.4, -0.2) is 17.1 Å². The van der Waals surface area contributed by atoms with E-state index in [1.54, 1.807) is 25.3 Å². The van der Waals surface area contributed by atoms with Crippen molar-refractivity contribution in [3.63, 3.8) is 0 Å². The van der Waals surface area contributed by atoms with Gasteiger partial charge in [-0.15, -0.1) is 0 Å². The molecule has 2 rings (SSSR count). The van der Waals surface area contributed by atoms with Crippen LogP contribution in [0, 0.1) is 6.92 Å². The number of nitrogens with zero attached hydrogens (tertiary/aromatic N) is 2. The molecule has 0 aromatic carbocycles. The van der Waals surface area contributed by atoms with E-state index < -0.39 is 0 Å². The second-order valence-electron chi connectivity index (χ2n) is 3.04. The Kier molecular flexibility index (Phi) is 2.29. The number of nitrogens with two attached hydrogens (primary N) is 1. The van der Waals surface area contributed by atoms with Crippen molar-refractivity contribution < 1.29 is 9.15 Å². The van der Waals surface area contributed by atoms with E-state index in [0.717, 1.165) is 5.56 Å². The summed E-state index contributed by atoms with van der Waals surface area (Å²) in [6.07, 6.45) is 1.63. The number of hydrogen-bond acceptors (Lipinski definition) is 5. The molecule has 2 N–H and O–H groups in total. The van der Waals surface area contributed by atoms with Crippen LogP contribution in [0.2, 0.25) is 0 Å². The zero-order chi connectivity index (χ0) is 10.8. The fourth-order valence-corrected chi connectivity index (χ4v) is 1.28. The zero-order valence-corrected chi connectivity index (χ0v) is 8.52. The summed E-state index contributed by atoms with van der Waals surface area (Å²) in [7, 11) is 1.54. The second kappa shape index (κ2) is 3.61. The van der Waals surface area contributed by atoms with Gasteiger partial charge < -0.3 is 14.9 Å². The molecule has 0 aliphatic rings. The van der Waals surface area contributed by atoms with Crippen LogP contribution in [0.5, 0.6) is 5.88 Å². The standard InChI is InChI=1S/C10H11N3O2/c1-6-12-5-8(15-6)7-3-4-9(11)13-10(7)14-2/h3-5H,1-2H3,(H2,11,13). The van der Waals surface area contributed by atoms with Gasteiger partial charge >= 0.3 is 0 Å². The molecule has 0 spiro atoms. The maximum atomic E-state index is 5.55. The van der Waals surface area contributed by atoms with Crippen molar-refractivity contribution >= 4 is 5.82 Å². The fraction of sp³-hybridized carbons (Fsp3) is 0.200. The highest BCUT2D eigenvalue weighted by Gasteiger charge is 2.11. The molecule has 0 aliphatic heterocycles. The minimum Gasteiger partial charge on any atom is -0.480 e. The third-order valence-electron chi connectivity index (χ3n) is 1.96. The highest BCUT2D eigenvalue weighted by atomic mass is 16.5. The molecule has 2 heterocycles. The number of hydrogen-bond donors (Lipinski definition) is 1. The largest absolute Gasteiger partial charge is 0.480 e. The van der Waals surface area contributed by atoms with E-state index in [1.807, 2.05) is 0 Å². The van der Waals surface area contributed by atoms with E-state index in [9.17, 15) is 0 Å². The average Bonchev–Trinajstić information content (AvgIpc) is 2.64. The summed E-state index contributed by atoms with van der Waals surface area (Å²) >= 11 is 0. The van der Waals surface area contributed by atoms with E-state index in [4.69, 9.17) is 14.9 Å². The number of oxazole rings is 1. The van der Waals surface area contributed by atoms with Crippen LogP contribution in [0.1, 0.15) is 5.89 Å². The predicted octanol–water partition coefficient (Wildman–Crippen LogP) is 1.64. The molecule has 0 saturated carbocycles. The van der Waals surface area contributed by atoms with Crippen LogP contribution in [0.4, 0.5) is 5.82 Å². The summed E-state index contributed by atoms with van der Waals surface area (Å²) in [4.78, 5) is 8.05. The fourth-order valence-electron chi connectivity index (χ4n) is 1.28. The van der Waals surface area contributed by atoms with Crippen molar-refractivity contribution in [2.24, 2.45) is 0 Å². The SMILES string of the molecule is COc1nc(N)ccc1-c1cnc(C)o1. The summed E-state index contributed by atoms with van der Waals surface area (Å²) in [5, 5.41) is 0. The highest BCUT2D eigenvalue weighted by Crippen LogP contribution is 2.29. The van der Waals surface area contributed by atoms with Crippen molar-refractivity contribution in [3.05, 3.63) is 24.2 Å². The molecule has 2 aromatic rings. The van der Waals surface area contributed by atoms with Crippen molar-refractivity contribution in [2.45, 2.75) is 6.92 Å². The predicted molar refractivity (Wildman–Crippen MR) is 55.4 cm³/mol. The first-order chi connectivity index (χ1) is 7.20. The molecule has 5 heteroatoms. The third kappa shape index (κ3) is 1.76. The van der Waals surface area contributed by atoms with Gasteiger partial charge in [-0.3, -0.25) is 0 Å². The Balaban J connectivity index is 2.52. The summed E-state index contributed by atoms with van der Waals surface area (Å²) in [5.41, 5.74) is 6.29. The number of anilines is 1. The minimum atomic E-state index is 0.409. The minimum absolute atomic E-state index is 0.409. The molecule has 5 nitrogen and oxygen atoms in total. The van der Waals surface area contributed by atoms with Crippen LogP contribution in [0.15, 0.2) is 22.7 Å². The first-order valence-corrected chi connectivity index (χ1v) is 4.44. The van der Waals surface area contributed by atoms with Gasteiger partial charge in [0.2, 0.25) is 5.88 Å². The van der Waals surface area contributed by atoms with Gasteiger partial charge in [0.05, 0.1) is 18.9 Å². The molecular weight excluding hydrogens is 194 g/mol. The molecule has 0 atom stereocenters. The molecule has 0 saturated heterocycles. The van der Waals surface area contributed by atoms with Crippen molar-refractivity contribution in [2.75, 3.05) is 12.8 Å². The maximum Gasteiger partial charge on any atom is 0.226 e. The normalized spacial score (nSPS) is 10.3. The van der Waals surface area contributed by atoms with Gasteiger partial charge in [0.25, 0.3) is 0 Å². The lowest BCUT2D eigenvalue weighted by atomic mass is 10.2. The van der Waals surface area contributed by atoms with Gasteiger partial charge in [-0.2, -0.15) is 4.98 Å². The number of ether oxygens (including phenoxy) is 1. The van der Waals surface area contributed by atoms with Crippen molar-refractivity contribution in [1.82, 2.24) is 9.97 Å². The first kappa shape index (κ1) is 9.51. The molecular formula is C10H11N3O2. The smallest absolute Gasteiger partial charge is 0.226 e. The second-order valence-corrected chi connectivity index (χ2v) is 3.04. The lowest BCUT2D eigenvalue weighted by molar-refractivity contribution is 0.398. The molecule has 0 bridgehead atoms. The molecule has 0 amide bonds. The Morgan fingerprint density at radius 2 is 2.20 bits per heavy atom. The number of aryl methyl sites for hydroxylation is 1. The summed E-state index contributed by atoms with van der Waals surface area (Å²) in [5.74, 6) is 2.07. The summed E-state index contributed by atoms with van der Waals surface area (Å²) in [6.45, 7) is 1.78. The lowest BCUT2D eigenvalue weighted by Gasteiger charge is -2.04. The van der Waals surface area contributed by atoms with Gasteiger partial charge in [-0.25, -0.2) is 4.98 Å². The van der Waals surface area contributed by atoms with E-state index in [2.05, 4.69) is 9.97 Å². The third-order valence-corrected chi connectivity index (χ3v) is 1.96. The van der Waals surface area contributed by atoms with Crippen LogP contribution in [0.3, 0.4) is 0 Å². The topological polar surface area (TPSA) is 74.2 Å². The monoisotopic (exact) mass is 205 g/mol. The van der Waals surface area contributed by atoms with E-state index in [-0.39, 0.29) is 0 Å². The Labute approximate surface area is 86.9 Å². The van der Waals surface area contributed by atoms with Crippen LogP contribution in [-0.2, 0) is 0 Å². The molecule has 15 heavy (non-hydrogen) atoms. The molecule has 0 aliphatic carbocycles. The Morgan fingerprint density at radius 3 is 2.80 bits per heavy atom. The van der Waals surface area contributed by atoms with Gasteiger partial charge in [-0.05, 0) is 12.1 Å². The maximum absolute atomic E-state index is 5.55. The van der Waals surface area contributed by atoms with Gasteiger partial charge in [-0.1, -0.05) is 0 Å². The van der Waals surface area contributed by atoms with Crippen LogP contribution >= 0.6 is 0 Å². The number of nitrogen functional groups attached to an aromatic ring is 1. The number of rotatable bonds is 2. The molecule has 2 aromatic heterocycles. The highest BCUT2D eigenvalue weighted by molar-refractivity contribution is 5.64. The van der Waals surface area contributed by atoms with Crippen LogP contribution in [0.25, 0.3) is 11.3 Å². The van der Waals surface area contributed by atoms with E-state index in [0.29, 0.717) is 23.3 Å². The van der Waals surface area contributed by atoms with Crippen molar-refractivity contribution in [3.8, 4) is 17.2 Å². The first-order valence-electron chi connectivity index (χ1n) is 4.44.